The normalized spacial score (nSPS) is 11.3. The third kappa shape index (κ3) is 5.80. The average molecular weight is 131 g/mol. The van der Waals surface area contributed by atoms with Crippen LogP contribution in [0.5, 0.6) is 0 Å². The third-order valence-corrected chi connectivity index (χ3v) is 1.03. The minimum absolute atomic E-state index is 0.727. The Kier molecular flexibility index (Phi) is 4.72. The van der Waals surface area contributed by atoms with Crippen LogP contribution in [0, 0.1) is 5.92 Å². The summed E-state index contributed by atoms with van der Waals surface area (Å²) >= 11 is 0. The van der Waals surface area contributed by atoms with Gasteiger partial charge in [0.1, 0.15) is 0 Å². The second-order valence-electron chi connectivity index (χ2n) is 2.85. The van der Waals surface area contributed by atoms with Crippen molar-refractivity contribution in [2.24, 2.45) is 5.92 Å². The first kappa shape index (κ1) is 8.92. The topological polar surface area (TPSA) is 12.5 Å². The summed E-state index contributed by atoms with van der Waals surface area (Å²) < 4.78 is 4.93. The Balaban J connectivity index is 3.15. The number of methoxy groups -OCH3 is 1. The lowest BCUT2D eigenvalue weighted by atomic mass is 10.2. The van der Waals surface area contributed by atoms with E-state index in [2.05, 4.69) is 25.8 Å². The standard InChI is InChI=1S/C7H17NO/c1-7(2)5-8(3)6-9-4/h7H,5-6H2,1-4H3. The van der Waals surface area contributed by atoms with E-state index in [9.17, 15) is 0 Å². The van der Waals surface area contributed by atoms with E-state index in [1.165, 1.54) is 0 Å². The molecule has 0 aliphatic rings. The SMILES string of the molecule is COCN(C)CC(C)C. The minimum atomic E-state index is 0.727. The van der Waals surface area contributed by atoms with E-state index in [1.54, 1.807) is 7.11 Å². The van der Waals surface area contributed by atoms with Crippen LogP contribution in [-0.4, -0.2) is 32.3 Å². The fourth-order valence-electron chi connectivity index (χ4n) is 0.896. The van der Waals surface area contributed by atoms with Gasteiger partial charge < -0.3 is 4.74 Å². The molecule has 0 aromatic rings. The Bertz CT molecular complexity index is 63.9. The Hall–Kier alpha value is -0.0800. The van der Waals surface area contributed by atoms with Crippen LogP contribution in [0.3, 0.4) is 0 Å². The Morgan fingerprint density at radius 2 is 2.00 bits per heavy atom. The van der Waals surface area contributed by atoms with Crippen molar-refractivity contribution < 1.29 is 4.74 Å². The number of nitrogens with zero attached hydrogens (tertiary/aromatic N) is 1. The van der Waals surface area contributed by atoms with Gasteiger partial charge in [-0.05, 0) is 13.0 Å². The highest BCUT2D eigenvalue weighted by Gasteiger charge is 1.98. The van der Waals surface area contributed by atoms with Crippen molar-refractivity contribution in [1.82, 2.24) is 4.90 Å². The summed E-state index contributed by atoms with van der Waals surface area (Å²) in [7, 11) is 3.78. The molecule has 0 aliphatic carbocycles. The molecule has 0 saturated carbocycles. The molecule has 0 aliphatic heterocycles. The largest absolute Gasteiger partial charge is 0.369 e. The molecule has 0 fully saturated rings. The van der Waals surface area contributed by atoms with Gasteiger partial charge in [-0.3, -0.25) is 4.90 Å². The molecule has 0 aromatic heterocycles. The highest BCUT2D eigenvalue weighted by molar-refractivity contribution is 4.48. The molecule has 0 bridgehead atoms. The fourth-order valence-corrected chi connectivity index (χ4v) is 0.896. The number of rotatable bonds is 4. The summed E-state index contributed by atoms with van der Waals surface area (Å²) in [5.41, 5.74) is 0. The lowest BCUT2D eigenvalue weighted by molar-refractivity contribution is 0.0744. The molecule has 2 nitrogen and oxygen atoms in total. The second-order valence-corrected chi connectivity index (χ2v) is 2.85. The monoisotopic (exact) mass is 131 g/mol. The van der Waals surface area contributed by atoms with Crippen LogP contribution in [0.2, 0.25) is 0 Å². The molecule has 2 heteroatoms. The van der Waals surface area contributed by atoms with E-state index in [0.29, 0.717) is 0 Å². The molecule has 0 rings (SSSR count). The van der Waals surface area contributed by atoms with E-state index in [-0.39, 0.29) is 0 Å². The maximum Gasteiger partial charge on any atom is 0.0984 e. The molecule has 0 atom stereocenters. The highest BCUT2D eigenvalue weighted by Crippen LogP contribution is 1.94. The number of hydrogen-bond donors (Lipinski definition) is 0. The summed E-state index contributed by atoms with van der Waals surface area (Å²) in [6, 6.07) is 0. The Morgan fingerprint density at radius 1 is 1.44 bits per heavy atom. The predicted octanol–water partition coefficient (Wildman–Crippen LogP) is 1.18. The van der Waals surface area contributed by atoms with Gasteiger partial charge in [-0.2, -0.15) is 0 Å². The van der Waals surface area contributed by atoms with Crippen LogP contribution in [0.1, 0.15) is 13.8 Å². The fraction of sp³-hybridized carbons (Fsp3) is 1.00. The van der Waals surface area contributed by atoms with Crippen LogP contribution in [0.15, 0.2) is 0 Å². The van der Waals surface area contributed by atoms with Crippen molar-refractivity contribution in [2.45, 2.75) is 13.8 Å². The molecule has 0 unspecified atom stereocenters. The van der Waals surface area contributed by atoms with Crippen molar-refractivity contribution in [3.63, 3.8) is 0 Å². The maximum atomic E-state index is 4.93. The van der Waals surface area contributed by atoms with Crippen molar-refractivity contribution in [3.8, 4) is 0 Å². The highest BCUT2D eigenvalue weighted by atomic mass is 16.5. The average Bonchev–Trinajstić information content (AvgIpc) is 1.63. The van der Waals surface area contributed by atoms with E-state index in [1.807, 2.05) is 0 Å². The van der Waals surface area contributed by atoms with Crippen molar-refractivity contribution >= 4 is 0 Å². The van der Waals surface area contributed by atoms with Crippen LogP contribution >= 0.6 is 0 Å². The van der Waals surface area contributed by atoms with Gasteiger partial charge in [-0.1, -0.05) is 13.8 Å². The summed E-state index contributed by atoms with van der Waals surface area (Å²) in [6.07, 6.45) is 0. The second kappa shape index (κ2) is 4.77. The molecule has 0 radical (unpaired) electrons. The number of ether oxygens (including phenoxy) is 1. The summed E-state index contributed by atoms with van der Waals surface area (Å²) in [5.74, 6) is 0.727. The van der Waals surface area contributed by atoms with Crippen LogP contribution in [0.25, 0.3) is 0 Å². The van der Waals surface area contributed by atoms with Gasteiger partial charge in [0.2, 0.25) is 0 Å². The zero-order valence-corrected chi connectivity index (χ0v) is 6.85. The number of hydrogen-bond acceptors (Lipinski definition) is 2. The zero-order chi connectivity index (χ0) is 7.28. The summed E-state index contributed by atoms with van der Waals surface area (Å²) in [5, 5.41) is 0. The smallest absolute Gasteiger partial charge is 0.0984 e. The third-order valence-electron chi connectivity index (χ3n) is 1.03. The lowest BCUT2D eigenvalue weighted by Gasteiger charge is -2.16. The van der Waals surface area contributed by atoms with E-state index < -0.39 is 0 Å². The van der Waals surface area contributed by atoms with Gasteiger partial charge in [0.15, 0.2) is 0 Å². The molecular weight excluding hydrogens is 114 g/mol. The lowest BCUT2D eigenvalue weighted by Crippen LogP contribution is -2.25. The Labute approximate surface area is 57.8 Å². The van der Waals surface area contributed by atoms with Crippen LogP contribution in [0.4, 0.5) is 0 Å². The Morgan fingerprint density at radius 3 is 2.33 bits per heavy atom. The maximum absolute atomic E-state index is 4.93. The molecular formula is C7H17NO. The van der Waals surface area contributed by atoms with Gasteiger partial charge in [0.25, 0.3) is 0 Å². The molecule has 0 saturated heterocycles. The molecule has 0 heterocycles. The predicted molar refractivity (Wildman–Crippen MR) is 39.3 cm³/mol. The first-order valence-corrected chi connectivity index (χ1v) is 3.34. The first-order valence-electron chi connectivity index (χ1n) is 3.34. The van der Waals surface area contributed by atoms with Crippen molar-refractivity contribution in [2.75, 3.05) is 27.4 Å². The van der Waals surface area contributed by atoms with E-state index in [4.69, 9.17) is 4.74 Å². The quantitative estimate of drug-likeness (QED) is 0.531. The van der Waals surface area contributed by atoms with Crippen LogP contribution < -0.4 is 0 Å². The molecule has 9 heavy (non-hydrogen) atoms. The molecule has 56 valence electrons. The van der Waals surface area contributed by atoms with Crippen molar-refractivity contribution in [3.05, 3.63) is 0 Å². The zero-order valence-electron chi connectivity index (χ0n) is 6.85. The molecule has 0 amide bonds. The van der Waals surface area contributed by atoms with E-state index in [0.717, 1.165) is 19.2 Å². The minimum Gasteiger partial charge on any atom is -0.369 e. The van der Waals surface area contributed by atoms with Crippen molar-refractivity contribution in [1.29, 1.82) is 0 Å². The van der Waals surface area contributed by atoms with E-state index >= 15 is 0 Å². The van der Waals surface area contributed by atoms with Gasteiger partial charge in [-0.25, -0.2) is 0 Å². The van der Waals surface area contributed by atoms with Gasteiger partial charge in [0.05, 0.1) is 6.73 Å². The van der Waals surface area contributed by atoms with Gasteiger partial charge >= 0.3 is 0 Å². The molecule has 0 aromatic carbocycles. The first-order chi connectivity index (χ1) is 4.16. The van der Waals surface area contributed by atoms with Gasteiger partial charge in [0, 0.05) is 13.7 Å². The van der Waals surface area contributed by atoms with Crippen LogP contribution in [-0.2, 0) is 4.74 Å². The van der Waals surface area contributed by atoms with Gasteiger partial charge in [-0.15, -0.1) is 0 Å². The summed E-state index contributed by atoms with van der Waals surface area (Å²) in [4.78, 5) is 2.16. The summed E-state index contributed by atoms with van der Waals surface area (Å²) in [6.45, 7) is 6.24. The molecule has 0 spiro atoms. The molecule has 0 N–H and O–H groups in total.